The van der Waals surface area contributed by atoms with Gasteiger partial charge in [-0.25, -0.2) is 0 Å². The van der Waals surface area contributed by atoms with Crippen molar-refractivity contribution in [1.82, 2.24) is 5.32 Å². The minimum Gasteiger partial charge on any atom is -0.497 e. The van der Waals surface area contributed by atoms with Crippen LogP contribution < -0.4 is 10.1 Å². The van der Waals surface area contributed by atoms with Gasteiger partial charge in [-0.05, 0) is 49.3 Å². The maximum absolute atomic E-state index is 12.5. The molecule has 1 aliphatic carbocycles. The van der Waals surface area contributed by atoms with Gasteiger partial charge in [0.2, 0.25) is 5.91 Å². The smallest absolute Gasteiger partial charge is 0.230 e. The largest absolute Gasteiger partial charge is 0.497 e. The van der Waals surface area contributed by atoms with Gasteiger partial charge in [0.05, 0.1) is 12.5 Å². The maximum atomic E-state index is 12.5. The monoisotopic (exact) mass is 289 g/mol. The van der Waals surface area contributed by atoms with Crippen molar-refractivity contribution in [2.45, 2.75) is 31.1 Å². The summed E-state index contributed by atoms with van der Waals surface area (Å²) in [6, 6.07) is 7.88. The molecule has 0 aromatic heterocycles. The number of ether oxygens (including phenoxy) is 2. The first kappa shape index (κ1) is 14.4. The second-order valence-electron chi connectivity index (χ2n) is 6.08. The van der Waals surface area contributed by atoms with Crippen molar-refractivity contribution in [2.24, 2.45) is 5.92 Å². The highest BCUT2D eigenvalue weighted by atomic mass is 16.5. The zero-order valence-electron chi connectivity index (χ0n) is 12.6. The van der Waals surface area contributed by atoms with Crippen LogP contribution in [0.3, 0.4) is 0 Å². The third kappa shape index (κ3) is 3.05. The van der Waals surface area contributed by atoms with Crippen molar-refractivity contribution in [1.29, 1.82) is 0 Å². The number of hydrogen-bond acceptors (Lipinski definition) is 3. The third-order valence-electron chi connectivity index (χ3n) is 4.69. The number of nitrogens with one attached hydrogen (secondary N) is 1. The molecule has 0 spiro atoms. The van der Waals surface area contributed by atoms with Crippen molar-refractivity contribution in [3.63, 3.8) is 0 Å². The highest BCUT2D eigenvalue weighted by Crippen LogP contribution is 2.48. The molecule has 3 rings (SSSR count). The topological polar surface area (TPSA) is 47.6 Å². The van der Waals surface area contributed by atoms with E-state index in [1.54, 1.807) is 7.11 Å². The zero-order chi connectivity index (χ0) is 14.7. The lowest BCUT2D eigenvalue weighted by Crippen LogP contribution is -2.35. The summed E-state index contributed by atoms with van der Waals surface area (Å²) in [6.07, 6.45) is 4.03. The fourth-order valence-corrected chi connectivity index (χ4v) is 3.05. The summed E-state index contributed by atoms with van der Waals surface area (Å²) in [5.74, 6) is 1.62. The van der Waals surface area contributed by atoms with Crippen LogP contribution in [0.4, 0.5) is 0 Å². The molecule has 114 valence electrons. The Hall–Kier alpha value is -1.55. The molecule has 1 aromatic rings. The van der Waals surface area contributed by atoms with Crippen LogP contribution in [0.15, 0.2) is 24.3 Å². The van der Waals surface area contributed by atoms with Crippen molar-refractivity contribution < 1.29 is 14.3 Å². The lowest BCUT2D eigenvalue weighted by atomic mass is 9.94. The van der Waals surface area contributed by atoms with Gasteiger partial charge >= 0.3 is 0 Å². The molecule has 1 atom stereocenters. The first-order valence-electron chi connectivity index (χ1n) is 7.75. The van der Waals surface area contributed by atoms with Crippen LogP contribution in [-0.2, 0) is 14.9 Å². The average molecular weight is 289 g/mol. The summed E-state index contributed by atoms with van der Waals surface area (Å²) in [5, 5.41) is 3.11. The Balaban J connectivity index is 1.55. The van der Waals surface area contributed by atoms with E-state index in [0.29, 0.717) is 5.92 Å². The standard InChI is InChI=1S/C17H23NO3/c1-20-15-4-2-14(3-5-15)17(8-9-17)16(19)18-10-6-13-7-11-21-12-13/h2-5,13H,6-12H2,1H3,(H,18,19)/t13-/m0/s1. The SMILES string of the molecule is COc1ccc(C2(C(=O)NCC[C@H]3CCOC3)CC2)cc1. The normalized spacial score (nSPS) is 22.8. The minimum absolute atomic E-state index is 0.173. The Morgan fingerprint density at radius 2 is 2.14 bits per heavy atom. The van der Waals surface area contributed by atoms with Gasteiger partial charge in [0.1, 0.15) is 5.75 Å². The number of carbonyl (C=O) groups excluding carboxylic acids is 1. The molecular formula is C17H23NO3. The summed E-state index contributed by atoms with van der Waals surface area (Å²) >= 11 is 0. The molecule has 4 heteroatoms. The molecule has 1 aliphatic heterocycles. The lowest BCUT2D eigenvalue weighted by molar-refractivity contribution is -0.123. The fraction of sp³-hybridized carbons (Fsp3) is 0.588. The summed E-state index contributed by atoms with van der Waals surface area (Å²) in [4.78, 5) is 12.5. The lowest BCUT2D eigenvalue weighted by Gasteiger charge is -2.17. The Morgan fingerprint density at radius 1 is 1.38 bits per heavy atom. The Bertz CT molecular complexity index is 487. The number of methoxy groups -OCH3 is 1. The fourth-order valence-electron chi connectivity index (χ4n) is 3.05. The second kappa shape index (κ2) is 6.06. The molecule has 1 heterocycles. The third-order valence-corrected chi connectivity index (χ3v) is 4.69. The van der Waals surface area contributed by atoms with Gasteiger partial charge < -0.3 is 14.8 Å². The Kier molecular flexibility index (Phi) is 4.15. The zero-order valence-corrected chi connectivity index (χ0v) is 12.6. The minimum atomic E-state index is -0.293. The van der Waals surface area contributed by atoms with E-state index in [9.17, 15) is 4.79 Å². The van der Waals surface area contributed by atoms with Crippen LogP contribution in [0.25, 0.3) is 0 Å². The molecule has 2 fully saturated rings. The van der Waals surface area contributed by atoms with Crippen molar-refractivity contribution in [3.8, 4) is 5.75 Å². The summed E-state index contributed by atoms with van der Waals surface area (Å²) < 4.78 is 10.5. The van der Waals surface area contributed by atoms with Crippen molar-refractivity contribution in [3.05, 3.63) is 29.8 Å². The van der Waals surface area contributed by atoms with Crippen LogP contribution >= 0.6 is 0 Å². The Labute approximate surface area is 125 Å². The van der Waals surface area contributed by atoms with Gasteiger partial charge in [-0.1, -0.05) is 12.1 Å². The molecular weight excluding hydrogens is 266 g/mol. The van der Waals surface area contributed by atoms with E-state index in [0.717, 1.165) is 56.8 Å². The molecule has 0 unspecified atom stereocenters. The molecule has 1 aromatic carbocycles. The molecule has 0 bridgehead atoms. The van der Waals surface area contributed by atoms with Gasteiger partial charge in [-0.2, -0.15) is 0 Å². The van der Waals surface area contributed by atoms with Crippen LogP contribution in [0.2, 0.25) is 0 Å². The quantitative estimate of drug-likeness (QED) is 0.874. The molecule has 1 saturated carbocycles. The predicted molar refractivity (Wildman–Crippen MR) is 80.5 cm³/mol. The van der Waals surface area contributed by atoms with E-state index in [2.05, 4.69) is 5.32 Å². The number of benzene rings is 1. The molecule has 4 nitrogen and oxygen atoms in total. The van der Waals surface area contributed by atoms with E-state index in [1.165, 1.54) is 0 Å². The van der Waals surface area contributed by atoms with E-state index in [4.69, 9.17) is 9.47 Å². The highest BCUT2D eigenvalue weighted by Gasteiger charge is 2.51. The van der Waals surface area contributed by atoms with Crippen LogP contribution in [0.5, 0.6) is 5.75 Å². The predicted octanol–water partition coefficient (Wildman–Crippen LogP) is 2.27. The molecule has 1 amide bonds. The first-order chi connectivity index (χ1) is 10.2. The molecule has 2 aliphatic rings. The van der Waals surface area contributed by atoms with Gasteiger partial charge in [-0.15, -0.1) is 0 Å². The van der Waals surface area contributed by atoms with Gasteiger partial charge in [-0.3, -0.25) is 4.79 Å². The highest BCUT2D eigenvalue weighted by molar-refractivity contribution is 5.91. The Morgan fingerprint density at radius 3 is 2.71 bits per heavy atom. The summed E-state index contributed by atoms with van der Waals surface area (Å²) in [7, 11) is 1.65. The van der Waals surface area contributed by atoms with E-state index in [-0.39, 0.29) is 11.3 Å². The molecule has 1 N–H and O–H groups in total. The van der Waals surface area contributed by atoms with Crippen LogP contribution in [-0.4, -0.2) is 32.8 Å². The average Bonchev–Trinajstić information content (AvgIpc) is 3.18. The van der Waals surface area contributed by atoms with E-state index >= 15 is 0 Å². The summed E-state index contributed by atoms with van der Waals surface area (Å²) in [6.45, 7) is 2.47. The van der Waals surface area contributed by atoms with Gasteiger partial charge in [0, 0.05) is 19.8 Å². The van der Waals surface area contributed by atoms with Crippen LogP contribution in [0.1, 0.15) is 31.2 Å². The number of hydrogen-bond donors (Lipinski definition) is 1. The molecule has 0 radical (unpaired) electrons. The number of rotatable bonds is 6. The van der Waals surface area contributed by atoms with Crippen molar-refractivity contribution in [2.75, 3.05) is 26.9 Å². The van der Waals surface area contributed by atoms with Crippen molar-refractivity contribution >= 4 is 5.91 Å². The number of amides is 1. The van der Waals surface area contributed by atoms with Crippen LogP contribution in [0, 0.1) is 5.92 Å². The maximum Gasteiger partial charge on any atom is 0.230 e. The molecule has 1 saturated heterocycles. The van der Waals surface area contributed by atoms with Gasteiger partial charge in [0.15, 0.2) is 0 Å². The number of carbonyl (C=O) groups is 1. The molecule has 21 heavy (non-hydrogen) atoms. The van der Waals surface area contributed by atoms with E-state index in [1.807, 2.05) is 24.3 Å². The second-order valence-corrected chi connectivity index (χ2v) is 6.08. The van der Waals surface area contributed by atoms with Gasteiger partial charge in [0.25, 0.3) is 0 Å². The summed E-state index contributed by atoms with van der Waals surface area (Å²) in [5.41, 5.74) is 0.809. The first-order valence-corrected chi connectivity index (χ1v) is 7.75. The van der Waals surface area contributed by atoms with E-state index < -0.39 is 0 Å².